The average molecular weight is 354 g/mol. The number of rotatable bonds is 5. The first-order chi connectivity index (χ1) is 11.2. The Morgan fingerprint density at radius 2 is 1.96 bits per heavy atom. The number of carbonyl (C=O) groups is 1. The number of morpholine rings is 1. The van der Waals surface area contributed by atoms with Crippen LogP contribution in [0.3, 0.4) is 0 Å². The van der Waals surface area contributed by atoms with Gasteiger partial charge in [0.2, 0.25) is 15.9 Å². The summed E-state index contributed by atoms with van der Waals surface area (Å²) in [5.74, 6) is 0.289. The van der Waals surface area contributed by atoms with Crippen LogP contribution in [0, 0.1) is 5.92 Å². The number of ether oxygens (including phenoxy) is 1. The predicted octanol–water partition coefficient (Wildman–Crippen LogP) is 2.10. The largest absolute Gasteiger partial charge is 0.378 e. The molecule has 0 radical (unpaired) electrons. The highest BCUT2D eigenvalue weighted by Gasteiger charge is 2.34. The zero-order chi connectivity index (χ0) is 17.9. The maximum Gasteiger partial charge on any atom is 0.243 e. The van der Waals surface area contributed by atoms with Gasteiger partial charge in [0.05, 0.1) is 18.1 Å². The Morgan fingerprint density at radius 3 is 2.50 bits per heavy atom. The third-order valence-electron chi connectivity index (χ3n) is 4.22. The number of sulfonamides is 1. The van der Waals surface area contributed by atoms with Crippen molar-refractivity contribution in [3.63, 3.8) is 0 Å². The Labute approximate surface area is 144 Å². The van der Waals surface area contributed by atoms with Crippen LogP contribution in [0.2, 0.25) is 0 Å². The van der Waals surface area contributed by atoms with Crippen LogP contribution >= 0.6 is 0 Å². The minimum atomic E-state index is -3.57. The van der Waals surface area contributed by atoms with E-state index in [1.54, 1.807) is 35.6 Å². The molecule has 1 saturated heterocycles. The van der Waals surface area contributed by atoms with Gasteiger partial charge in [-0.1, -0.05) is 13.8 Å². The van der Waals surface area contributed by atoms with Crippen molar-refractivity contribution in [2.24, 2.45) is 5.92 Å². The maximum atomic E-state index is 13.0. The number of hydrogen-bond acceptors (Lipinski definition) is 4. The number of anilines is 1. The highest BCUT2D eigenvalue weighted by Crippen LogP contribution is 2.25. The topological polar surface area (TPSA) is 66.9 Å². The van der Waals surface area contributed by atoms with E-state index in [0.29, 0.717) is 31.4 Å². The van der Waals surface area contributed by atoms with Gasteiger partial charge in [0, 0.05) is 32.2 Å². The summed E-state index contributed by atoms with van der Waals surface area (Å²) in [6.45, 7) is 6.84. The van der Waals surface area contributed by atoms with Gasteiger partial charge in [-0.2, -0.15) is 4.31 Å². The van der Waals surface area contributed by atoms with Gasteiger partial charge < -0.3 is 9.64 Å². The molecule has 1 fully saturated rings. The summed E-state index contributed by atoms with van der Waals surface area (Å²) in [5.41, 5.74) is 0.669. The number of amides is 1. The van der Waals surface area contributed by atoms with E-state index in [-0.39, 0.29) is 16.8 Å². The summed E-state index contributed by atoms with van der Waals surface area (Å²) in [7, 11) is -1.91. The molecule has 0 aliphatic carbocycles. The van der Waals surface area contributed by atoms with Crippen molar-refractivity contribution in [3.8, 4) is 0 Å². The second-order valence-electron chi connectivity index (χ2n) is 6.55. The Hall–Kier alpha value is -1.44. The van der Waals surface area contributed by atoms with E-state index in [1.165, 1.54) is 11.8 Å². The lowest BCUT2D eigenvalue weighted by molar-refractivity contribution is -0.116. The molecule has 0 unspecified atom stereocenters. The molecule has 1 atom stereocenters. The third-order valence-corrected chi connectivity index (χ3v) is 6.19. The van der Waals surface area contributed by atoms with Gasteiger partial charge in [0.1, 0.15) is 0 Å². The Bertz CT molecular complexity index is 670. The predicted molar refractivity (Wildman–Crippen MR) is 93.5 cm³/mol. The molecule has 134 valence electrons. The summed E-state index contributed by atoms with van der Waals surface area (Å²) >= 11 is 0. The van der Waals surface area contributed by atoms with Crippen molar-refractivity contribution in [2.45, 2.75) is 38.1 Å². The molecule has 0 aromatic heterocycles. The summed E-state index contributed by atoms with van der Waals surface area (Å²) in [5, 5.41) is 0. The van der Waals surface area contributed by atoms with Crippen LogP contribution in [-0.4, -0.2) is 51.5 Å². The standard InChI is InChI=1S/C17H26N2O4S/c1-13(2)11-16-12-23-10-9-19(16)24(21,22)17-7-5-15(6-8-17)18(4)14(3)20/h5-8,13,16H,9-12H2,1-4H3/t16-/m1/s1. The highest BCUT2D eigenvalue weighted by atomic mass is 32.2. The van der Waals surface area contributed by atoms with Gasteiger partial charge in [-0.05, 0) is 36.6 Å². The molecule has 1 amide bonds. The van der Waals surface area contributed by atoms with E-state index in [9.17, 15) is 13.2 Å². The van der Waals surface area contributed by atoms with E-state index in [4.69, 9.17) is 4.74 Å². The maximum absolute atomic E-state index is 13.0. The lowest BCUT2D eigenvalue weighted by Gasteiger charge is -2.35. The van der Waals surface area contributed by atoms with Gasteiger partial charge >= 0.3 is 0 Å². The van der Waals surface area contributed by atoms with Crippen molar-refractivity contribution in [3.05, 3.63) is 24.3 Å². The summed E-state index contributed by atoms with van der Waals surface area (Å²) in [4.78, 5) is 13.1. The Balaban J connectivity index is 2.26. The van der Waals surface area contributed by atoms with Crippen molar-refractivity contribution in [2.75, 3.05) is 31.7 Å². The van der Waals surface area contributed by atoms with E-state index >= 15 is 0 Å². The number of carbonyl (C=O) groups excluding carboxylic acids is 1. The van der Waals surface area contributed by atoms with Crippen molar-refractivity contribution in [1.29, 1.82) is 0 Å². The summed E-state index contributed by atoms with van der Waals surface area (Å²) < 4.78 is 33.0. The summed E-state index contributed by atoms with van der Waals surface area (Å²) in [6, 6.07) is 6.31. The van der Waals surface area contributed by atoms with Gasteiger partial charge in [-0.15, -0.1) is 0 Å². The molecule has 6 nitrogen and oxygen atoms in total. The fourth-order valence-electron chi connectivity index (χ4n) is 2.84. The lowest BCUT2D eigenvalue weighted by Crippen LogP contribution is -2.49. The van der Waals surface area contributed by atoms with Crippen molar-refractivity contribution >= 4 is 21.6 Å². The molecular weight excluding hydrogens is 328 g/mol. The molecule has 0 N–H and O–H groups in total. The number of benzene rings is 1. The van der Waals surface area contributed by atoms with Gasteiger partial charge in [-0.3, -0.25) is 4.79 Å². The van der Waals surface area contributed by atoms with Gasteiger partial charge in [-0.25, -0.2) is 8.42 Å². The molecule has 7 heteroatoms. The first-order valence-corrected chi connectivity index (χ1v) is 9.61. The highest BCUT2D eigenvalue weighted by molar-refractivity contribution is 7.89. The van der Waals surface area contributed by atoms with Crippen molar-refractivity contribution in [1.82, 2.24) is 4.31 Å². The molecule has 1 aliphatic rings. The first-order valence-electron chi connectivity index (χ1n) is 8.17. The van der Waals surface area contributed by atoms with Crippen LogP contribution < -0.4 is 4.90 Å². The number of nitrogens with zero attached hydrogens (tertiary/aromatic N) is 2. The van der Waals surface area contributed by atoms with Crippen LogP contribution in [0.25, 0.3) is 0 Å². The van der Waals surface area contributed by atoms with E-state index in [2.05, 4.69) is 13.8 Å². The zero-order valence-corrected chi connectivity index (χ0v) is 15.5. The Kier molecular flexibility index (Phi) is 6.01. The second kappa shape index (κ2) is 7.63. The van der Waals surface area contributed by atoms with Crippen LogP contribution in [0.15, 0.2) is 29.2 Å². The minimum Gasteiger partial charge on any atom is -0.378 e. The Morgan fingerprint density at radius 1 is 1.33 bits per heavy atom. The van der Waals surface area contributed by atoms with Crippen LogP contribution in [0.1, 0.15) is 27.2 Å². The second-order valence-corrected chi connectivity index (χ2v) is 8.44. The molecule has 1 aliphatic heterocycles. The molecule has 2 rings (SSSR count). The fraction of sp³-hybridized carbons (Fsp3) is 0.588. The quantitative estimate of drug-likeness (QED) is 0.812. The van der Waals surface area contributed by atoms with Crippen LogP contribution in [-0.2, 0) is 19.6 Å². The molecule has 0 saturated carbocycles. The van der Waals surface area contributed by atoms with Gasteiger partial charge in [0.25, 0.3) is 0 Å². The molecule has 1 aromatic rings. The normalized spacial score (nSPS) is 19.5. The SMILES string of the molecule is CC(=O)N(C)c1ccc(S(=O)(=O)N2CCOC[C@H]2CC(C)C)cc1. The summed E-state index contributed by atoms with van der Waals surface area (Å²) in [6.07, 6.45) is 0.768. The lowest BCUT2D eigenvalue weighted by atomic mass is 10.0. The first kappa shape index (κ1) is 18.9. The average Bonchev–Trinajstić information content (AvgIpc) is 2.54. The molecular formula is C17H26N2O4S. The molecule has 0 bridgehead atoms. The number of hydrogen-bond donors (Lipinski definition) is 0. The van der Waals surface area contributed by atoms with E-state index < -0.39 is 10.0 Å². The van der Waals surface area contributed by atoms with E-state index in [1.807, 2.05) is 0 Å². The van der Waals surface area contributed by atoms with E-state index in [0.717, 1.165) is 6.42 Å². The van der Waals surface area contributed by atoms with Gasteiger partial charge in [0.15, 0.2) is 0 Å². The molecule has 1 heterocycles. The smallest absolute Gasteiger partial charge is 0.243 e. The molecule has 24 heavy (non-hydrogen) atoms. The van der Waals surface area contributed by atoms with Crippen molar-refractivity contribution < 1.29 is 17.9 Å². The zero-order valence-electron chi connectivity index (χ0n) is 14.7. The fourth-order valence-corrected chi connectivity index (χ4v) is 4.45. The minimum absolute atomic E-state index is 0.101. The molecule has 1 aromatic carbocycles. The third kappa shape index (κ3) is 4.15. The molecule has 0 spiro atoms. The monoisotopic (exact) mass is 354 g/mol. The van der Waals surface area contributed by atoms with Crippen LogP contribution in [0.4, 0.5) is 5.69 Å². The van der Waals surface area contributed by atoms with Crippen LogP contribution in [0.5, 0.6) is 0 Å².